The number of hydrogen-bond donors (Lipinski definition) is 3. The monoisotopic (exact) mass is 343 g/mol. The molecule has 0 radical (unpaired) electrons. The lowest BCUT2D eigenvalue weighted by Gasteiger charge is -2.60. The van der Waals surface area contributed by atoms with Crippen LogP contribution in [0.4, 0.5) is 0 Å². The largest absolute Gasteiger partial charge is 0.481 e. The van der Waals surface area contributed by atoms with Crippen LogP contribution in [-0.4, -0.2) is 33.6 Å². The van der Waals surface area contributed by atoms with Crippen LogP contribution >= 0.6 is 0 Å². The van der Waals surface area contributed by atoms with Gasteiger partial charge in [0.25, 0.3) is 5.91 Å². The molecule has 25 heavy (non-hydrogen) atoms. The number of nitrogens with one attached hydrogen (secondary N) is 1. The van der Waals surface area contributed by atoms with Crippen molar-refractivity contribution < 1.29 is 24.6 Å². The number of hydrogen-bond acceptors (Lipinski definition) is 3. The summed E-state index contributed by atoms with van der Waals surface area (Å²) in [5.41, 5.74) is -1.15. The first-order valence-corrected chi connectivity index (χ1v) is 8.71. The minimum atomic E-state index is -1.14. The average molecular weight is 343 g/mol. The molecule has 1 aromatic carbocycles. The normalized spacial score (nSPS) is 35.4. The summed E-state index contributed by atoms with van der Waals surface area (Å²) in [7, 11) is 0. The Bertz CT molecular complexity index is 757. The van der Waals surface area contributed by atoms with Crippen molar-refractivity contribution >= 4 is 17.8 Å². The zero-order valence-electron chi connectivity index (χ0n) is 13.8. The van der Waals surface area contributed by atoms with E-state index in [-0.39, 0.29) is 11.1 Å². The molecule has 0 heterocycles. The quantitative estimate of drug-likeness (QED) is 0.779. The maximum absolute atomic E-state index is 12.8. The fourth-order valence-corrected chi connectivity index (χ4v) is 5.83. The van der Waals surface area contributed by atoms with Gasteiger partial charge in [0.15, 0.2) is 0 Å². The molecule has 4 fully saturated rings. The summed E-state index contributed by atoms with van der Waals surface area (Å²) in [5.74, 6) is -1.66. The summed E-state index contributed by atoms with van der Waals surface area (Å²) >= 11 is 0. The molecule has 6 heteroatoms. The molecule has 0 aliphatic heterocycles. The van der Waals surface area contributed by atoms with Gasteiger partial charge in [-0.2, -0.15) is 0 Å². The van der Waals surface area contributed by atoms with Crippen molar-refractivity contribution in [3.63, 3.8) is 0 Å². The van der Waals surface area contributed by atoms with Crippen molar-refractivity contribution in [2.75, 3.05) is 0 Å². The van der Waals surface area contributed by atoms with Crippen LogP contribution in [0.5, 0.6) is 0 Å². The summed E-state index contributed by atoms with van der Waals surface area (Å²) in [6.45, 7) is 0. The number of benzene rings is 1. The third kappa shape index (κ3) is 2.51. The van der Waals surface area contributed by atoms with Gasteiger partial charge in [-0.05, 0) is 62.5 Å². The highest BCUT2D eigenvalue weighted by Gasteiger charge is 2.61. The van der Waals surface area contributed by atoms with E-state index in [2.05, 4.69) is 5.32 Å². The van der Waals surface area contributed by atoms with Crippen LogP contribution in [0.1, 0.15) is 59.2 Å². The van der Waals surface area contributed by atoms with Crippen molar-refractivity contribution in [3.05, 3.63) is 35.4 Å². The van der Waals surface area contributed by atoms with Crippen LogP contribution in [0.2, 0.25) is 0 Å². The molecule has 5 rings (SSSR count). The highest BCUT2D eigenvalue weighted by molar-refractivity contribution is 6.05. The van der Waals surface area contributed by atoms with Crippen LogP contribution in [0.3, 0.4) is 0 Å². The Kier molecular flexibility index (Phi) is 3.42. The zero-order valence-corrected chi connectivity index (χ0v) is 13.8. The highest BCUT2D eigenvalue weighted by Crippen LogP contribution is 2.61. The van der Waals surface area contributed by atoms with E-state index in [0.717, 1.165) is 19.3 Å². The van der Waals surface area contributed by atoms with Crippen LogP contribution in [-0.2, 0) is 4.79 Å². The fourth-order valence-electron chi connectivity index (χ4n) is 5.83. The van der Waals surface area contributed by atoms with E-state index in [1.165, 1.54) is 12.1 Å². The lowest BCUT2D eigenvalue weighted by atomic mass is 9.47. The standard InChI is InChI=1S/C19H21NO5/c21-15(13-3-1-2-4-14(13)16(22)23)20-19-8-11-5-12(9-19)7-18(6-11,10-19)17(24)25/h1-4,11-12H,5-10H2,(H,20,21)(H,22,23)(H,24,25). The molecule has 4 aliphatic rings. The van der Waals surface area contributed by atoms with Gasteiger partial charge in [0.1, 0.15) is 0 Å². The summed E-state index contributed by atoms with van der Waals surface area (Å²) < 4.78 is 0. The first-order valence-electron chi connectivity index (χ1n) is 8.71. The van der Waals surface area contributed by atoms with Gasteiger partial charge in [-0.25, -0.2) is 4.79 Å². The summed E-state index contributed by atoms with van der Waals surface area (Å²) in [4.78, 5) is 36.1. The molecule has 4 bridgehead atoms. The molecule has 0 spiro atoms. The number of aromatic carboxylic acids is 1. The van der Waals surface area contributed by atoms with E-state index < -0.39 is 28.8 Å². The van der Waals surface area contributed by atoms with Gasteiger partial charge in [-0.1, -0.05) is 12.1 Å². The smallest absolute Gasteiger partial charge is 0.336 e. The molecule has 2 atom stereocenters. The van der Waals surface area contributed by atoms with E-state index in [9.17, 15) is 24.6 Å². The third-order valence-electron chi connectivity index (χ3n) is 6.30. The first-order chi connectivity index (χ1) is 11.8. The second-order valence-electron chi connectivity index (χ2n) is 8.13. The number of carbonyl (C=O) groups is 3. The maximum atomic E-state index is 12.8. The van der Waals surface area contributed by atoms with Gasteiger partial charge in [-0.15, -0.1) is 0 Å². The second kappa shape index (κ2) is 5.31. The molecule has 6 nitrogen and oxygen atoms in total. The van der Waals surface area contributed by atoms with Crippen molar-refractivity contribution in [3.8, 4) is 0 Å². The molecule has 4 aliphatic carbocycles. The number of amides is 1. The number of rotatable bonds is 4. The van der Waals surface area contributed by atoms with Crippen LogP contribution in [0, 0.1) is 17.3 Å². The molecule has 0 saturated heterocycles. The van der Waals surface area contributed by atoms with Gasteiger partial charge >= 0.3 is 11.9 Å². The molecule has 2 unspecified atom stereocenters. The Morgan fingerprint density at radius 2 is 1.56 bits per heavy atom. The summed E-state index contributed by atoms with van der Waals surface area (Å²) in [6, 6.07) is 6.14. The van der Waals surface area contributed by atoms with Crippen molar-refractivity contribution in [2.45, 2.75) is 44.1 Å². The number of carbonyl (C=O) groups excluding carboxylic acids is 1. The van der Waals surface area contributed by atoms with E-state index in [0.29, 0.717) is 31.1 Å². The van der Waals surface area contributed by atoms with E-state index in [4.69, 9.17) is 0 Å². The molecule has 4 saturated carbocycles. The average Bonchev–Trinajstić information content (AvgIpc) is 2.53. The van der Waals surface area contributed by atoms with Gasteiger partial charge in [0.05, 0.1) is 16.5 Å². The summed E-state index contributed by atoms with van der Waals surface area (Å²) in [5, 5.41) is 22.1. The Morgan fingerprint density at radius 3 is 2.12 bits per heavy atom. The van der Waals surface area contributed by atoms with Crippen LogP contribution in [0.25, 0.3) is 0 Å². The SMILES string of the molecule is O=C(O)c1ccccc1C(=O)NC12CC3CC(C1)CC(C(=O)O)(C3)C2. The van der Waals surface area contributed by atoms with E-state index in [1.54, 1.807) is 12.1 Å². The fraction of sp³-hybridized carbons (Fsp3) is 0.526. The number of carboxylic acids is 2. The molecule has 3 N–H and O–H groups in total. The van der Waals surface area contributed by atoms with Crippen molar-refractivity contribution in [1.29, 1.82) is 0 Å². The van der Waals surface area contributed by atoms with Gasteiger partial charge < -0.3 is 15.5 Å². The topological polar surface area (TPSA) is 104 Å². The number of carboxylic acid groups (broad SMARTS) is 2. The van der Waals surface area contributed by atoms with Gasteiger partial charge in [0, 0.05) is 5.54 Å². The summed E-state index contributed by atoms with van der Waals surface area (Å²) in [6.07, 6.45) is 4.46. The molecular formula is C19H21NO5. The Hall–Kier alpha value is -2.37. The molecule has 1 amide bonds. The van der Waals surface area contributed by atoms with Gasteiger partial charge in [-0.3, -0.25) is 9.59 Å². The molecule has 1 aromatic rings. The van der Waals surface area contributed by atoms with Crippen molar-refractivity contribution in [1.82, 2.24) is 5.32 Å². The third-order valence-corrected chi connectivity index (χ3v) is 6.30. The molecule has 0 aromatic heterocycles. The lowest BCUT2D eigenvalue weighted by Crippen LogP contribution is -2.64. The first kappa shape index (κ1) is 16.1. The van der Waals surface area contributed by atoms with Crippen LogP contribution < -0.4 is 5.32 Å². The van der Waals surface area contributed by atoms with Crippen LogP contribution in [0.15, 0.2) is 24.3 Å². The maximum Gasteiger partial charge on any atom is 0.336 e. The highest BCUT2D eigenvalue weighted by atomic mass is 16.4. The predicted octanol–water partition coefficient (Wildman–Crippen LogP) is 2.54. The number of aliphatic carboxylic acids is 1. The van der Waals surface area contributed by atoms with E-state index in [1.807, 2.05) is 0 Å². The van der Waals surface area contributed by atoms with Crippen molar-refractivity contribution in [2.24, 2.45) is 17.3 Å². The predicted molar refractivity (Wildman–Crippen MR) is 88.3 cm³/mol. The Labute approximate surface area is 145 Å². The lowest BCUT2D eigenvalue weighted by molar-refractivity contribution is -0.167. The molecule has 132 valence electrons. The zero-order chi connectivity index (χ0) is 17.8. The minimum absolute atomic E-state index is 0.0299. The minimum Gasteiger partial charge on any atom is -0.481 e. The second-order valence-corrected chi connectivity index (χ2v) is 8.13. The van der Waals surface area contributed by atoms with E-state index >= 15 is 0 Å². The molecular weight excluding hydrogens is 322 g/mol. The Morgan fingerprint density at radius 1 is 0.960 bits per heavy atom. The van der Waals surface area contributed by atoms with Gasteiger partial charge in [0.2, 0.25) is 0 Å². The Balaban J connectivity index is 1.64.